The van der Waals surface area contributed by atoms with Crippen LogP contribution >= 0.6 is 0 Å². The van der Waals surface area contributed by atoms with Crippen molar-refractivity contribution in [2.45, 2.75) is 56.6 Å². The standard InChI is InChI=1S/C30H35F3N4O4/c1-40-26-17-41-10-8-25(26)35-23-12-22-16-37(27(38)19-5-3-2-4-6-19)18-29(22,13-23)28(39)36-9-7-24-20(15-36)11-21(14-34-24)30(31,32)33/h2-6,11,14,22-23,25-26,35H,7-10,12-13,15-18H2,1H3/t22-,23+,25?,26?,29-/m0/s1. The molecule has 1 saturated carbocycles. The number of methoxy groups -OCH3 is 1. The Morgan fingerprint density at radius 1 is 1.20 bits per heavy atom. The van der Waals surface area contributed by atoms with Crippen molar-refractivity contribution in [3.63, 3.8) is 0 Å². The lowest BCUT2D eigenvalue weighted by molar-refractivity contribution is -0.143. The second-order valence-electron chi connectivity index (χ2n) is 11.8. The summed E-state index contributed by atoms with van der Waals surface area (Å²) in [5.41, 5.74) is -0.0218. The normalized spacial score (nSPS) is 29.8. The minimum atomic E-state index is -4.50. The molecule has 41 heavy (non-hydrogen) atoms. The summed E-state index contributed by atoms with van der Waals surface area (Å²) < 4.78 is 51.4. The molecule has 3 aliphatic heterocycles. The van der Waals surface area contributed by atoms with Gasteiger partial charge in [-0.1, -0.05) is 18.2 Å². The molecule has 1 aliphatic carbocycles. The molecule has 2 unspecified atom stereocenters. The minimum absolute atomic E-state index is 0.0502. The molecule has 4 aliphatic rings. The van der Waals surface area contributed by atoms with Gasteiger partial charge in [0.05, 0.1) is 23.7 Å². The van der Waals surface area contributed by atoms with Crippen molar-refractivity contribution in [3.8, 4) is 0 Å². The Morgan fingerprint density at radius 2 is 2.00 bits per heavy atom. The van der Waals surface area contributed by atoms with Gasteiger partial charge in [0.2, 0.25) is 5.91 Å². The number of amides is 2. The largest absolute Gasteiger partial charge is 0.417 e. The van der Waals surface area contributed by atoms with Gasteiger partial charge in [-0.3, -0.25) is 14.6 Å². The smallest absolute Gasteiger partial charge is 0.379 e. The molecule has 0 bridgehead atoms. The Hall–Kier alpha value is -3.02. The van der Waals surface area contributed by atoms with Gasteiger partial charge in [-0.2, -0.15) is 13.2 Å². The molecule has 1 aromatic heterocycles. The van der Waals surface area contributed by atoms with E-state index in [0.717, 1.165) is 25.1 Å². The molecule has 11 heteroatoms. The van der Waals surface area contributed by atoms with E-state index in [0.29, 0.717) is 56.0 Å². The molecule has 4 heterocycles. The molecule has 8 nitrogen and oxygen atoms in total. The van der Waals surface area contributed by atoms with Crippen LogP contribution in [0.2, 0.25) is 0 Å². The van der Waals surface area contributed by atoms with E-state index in [1.165, 1.54) is 0 Å². The number of nitrogens with zero attached hydrogens (tertiary/aromatic N) is 3. The Kier molecular flexibility index (Phi) is 7.54. The van der Waals surface area contributed by atoms with Gasteiger partial charge in [0.15, 0.2) is 0 Å². The number of aromatic nitrogens is 1. The highest BCUT2D eigenvalue weighted by Crippen LogP contribution is 2.51. The average Bonchev–Trinajstić information content (AvgIpc) is 3.51. The van der Waals surface area contributed by atoms with Crippen molar-refractivity contribution in [1.29, 1.82) is 0 Å². The number of nitrogens with one attached hydrogen (secondary N) is 1. The Labute approximate surface area is 237 Å². The first-order valence-corrected chi connectivity index (χ1v) is 14.2. The fraction of sp³-hybridized carbons (Fsp3) is 0.567. The zero-order valence-corrected chi connectivity index (χ0v) is 23.0. The predicted octanol–water partition coefficient (Wildman–Crippen LogP) is 3.30. The molecule has 1 N–H and O–H groups in total. The van der Waals surface area contributed by atoms with Gasteiger partial charge in [-0.25, -0.2) is 0 Å². The van der Waals surface area contributed by atoms with Crippen molar-refractivity contribution >= 4 is 11.8 Å². The molecule has 5 atom stereocenters. The summed E-state index contributed by atoms with van der Waals surface area (Å²) in [6, 6.07) is 10.3. The molecule has 1 aromatic carbocycles. The number of likely N-dealkylation sites (tertiary alicyclic amines) is 1. The fourth-order valence-corrected chi connectivity index (χ4v) is 7.25. The van der Waals surface area contributed by atoms with E-state index in [2.05, 4.69) is 10.3 Å². The predicted molar refractivity (Wildman–Crippen MR) is 143 cm³/mol. The van der Waals surface area contributed by atoms with Crippen LogP contribution in [0, 0.1) is 11.3 Å². The summed E-state index contributed by atoms with van der Waals surface area (Å²) in [7, 11) is 1.67. The van der Waals surface area contributed by atoms with E-state index in [4.69, 9.17) is 9.47 Å². The third-order valence-electron chi connectivity index (χ3n) is 9.32. The van der Waals surface area contributed by atoms with Crippen LogP contribution in [0.1, 0.15) is 46.4 Å². The molecular weight excluding hydrogens is 537 g/mol. The van der Waals surface area contributed by atoms with E-state index < -0.39 is 17.2 Å². The van der Waals surface area contributed by atoms with Crippen molar-refractivity contribution in [3.05, 3.63) is 65.0 Å². The third kappa shape index (κ3) is 5.35. The first kappa shape index (κ1) is 28.1. The summed E-state index contributed by atoms with van der Waals surface area (Å²) in [4.78, 5) is 35.4. The number of ether oxygens (including phenoxy) is 2. The zero-order valence-electron chi connectivity index (χ0n) is 23.0. The molecule has 6 rings (SSSR count). The second-order valence-corrected chi connectivity index (χ2v) is 11.8. The number of halogens is 3. The van der Waals surface area contributed by atoms with Gasteiger partial charge in [0.1, 0.15) is 0 Å². The highest BCUT2D eigenvalue weighted by atomic mass is 19.4. The van der Waals surface area contributed by atoms with Crippen molar-refractivity contribution in [2.24, 2.45) is 11.3 Å². The van der Waals surface area contributed by atoms with E-state index in [9.17, 15) is 22.8 Å². The number of hydrogen-bond acceptors (Lipinski definition) is 6. The zero-order chi connectivity index (χ0) is 28.8. The Balaban J connectivity index is 1.25. The molecule has 2 saturated heterocycles. The van der Waals surface area contributed by atoms with Crippen LogP contribution in [0.5, 0.6) is 0 Å². The van der Waals surface area contributed by atoms with Gasteiger partial charge in [-0.05, 0) is 48.9 Å². The minimum Gasteiger partial charge on any atom is -0.379 e. The highest BCUT2D eigenvalue weighted by Gasteiger charge is 2.59. The summed E-state index contributed by atoms with van der Waals surface area (Å²) in [5.74, 6) is -0.265. The van der Waals surface area contributed by atoms with Crippen LogP contribution < -0.4 is 5.32 Å². The van der Waals surface area contributed by atoms with Gasteiger partial charge in [0.25, 0.3) is 5.91 Å². The molecule has 220 valence electrons. The molecule has 0 spiro atoms. The number of carbonyl (C=O) groups is 2. The summed E-state index contributed by atoms with van der Waals surface area (Å²) >= 11 is 0. The van der Waals surface area contributed by atoms with Crippen molar-refractivity contribution < 1.29 is 32.2 Å². The number of carbonyl (C=O) groups excluding carboxylic acids is 2. The summed E-state index contributed by atoms with van der Waals surface area (Å²) in [6.45, 7) is 2.36. The Morgan fingerprint density at radius 3 is 2.76 bits per heavy atom. The number of rotatable bonds is 5. The van der Waals surface area contributed by atoms with Gasteiger partial charge < -0.3 is 24.6 Å². The lowest BCUT2D eigenvalue weighted by Gasteiger charge is -2.37. The van der Waals surface area contributed by atoms with Crippen molar-refractivity contribution in [1.82, 2.24) is 20.1 Å². The second kappa shape index (κ2) is 11.0. The van der Waals surface area contributed by atoms with E-state index in [1.54, 1.807) is 29.0 Å². The number of fused-ring (bicyclic) bond motifs is 2. The first-order valence-electron chi connectivity index (χ1n) is 14.2. The average molecular weight is 573 g/mol. The maximum atomic E-state index is 14.4. The van der Waals surface area contributed by atoms with Crippen molar-refractivity contribution in [2.75, 3.05) is 40.0 Å². The number of benzene rings is 1. The SMILES string of the molecule is COC1COCCC1N[C@@H]1C[C@H]2CN(C(=O)c3ccccc3)C[C@@]2(C(=O)N2CCc3ncc(C(F)(F)F)cc3C2)C1. The topological polar surface area (TPSA) is 84.0 Å². The maximum absolute atomic E-state index is 14.4. The van der Waals surface area contributed by atoms with Gasteiger partial charge >= 0.3 is 6.18 Å². The molecule has 2 aromatic rings. The number of hydrogen-bond donors (Lipinski definition) is 1. The van der Waals surface area contributed by atoms with Crippen LogP contribution in [-0.4, -0.2) is 84.7 Å². The van der Waals surface area contributed by atoms with Gasteiger partial charge in [0, 0.05) is 75.9 Å². The lowest BCUT2D eigenvalue weighted by Crippen LogP contribution is -2.52. The van der Waals surface area contributed by atoms with Crippen LogP contribution in [0.4, 0.5) is 13.2 Å². The Bertz CT molecular complexity index is 1290. The van der Waals surface area contributed by atoms with E-state index in [1.807, 2.05) is 18.2 Å². The molecule has 2 amide bonds. The lowest BCUT2D eigenvalue weighted by atomic mass is 9.78. The summed E-state index contributed by atoms with van der Waals surface area (Å²) in [5, 5.41) is 3.73. The number of alkyl halides is 3. The van der Waals surface area contributed by atoms with Crippen LogP contribution in [0.25, 0.3) is 0 Å². The summed E-state index contributed by atoms with van der Waals surface area (Å²) in [6.07, 6.45) is -1.25. The van der Waals surface area contributed by atoms with Crippen LogP contribution in [0.3, 0.4) is 0 Å². The molecule has 3 fully saturated rings. The van der Waals surface area contributed by atoms with Crippen LogP contribution in [-0.2, 0) is 33.4 Å². The van der Waals surface area contributed by atoms with Crippen LogP contribution in [0.15, 0.2) is 42.6 Å². The molecular formula is C30H35F3N4O4. The van der Waals surface area contributed by atoms with E-state index in [-0.39, 0.29) is 49.0 Å². The monoisotopic (exact) mass is 572 g/mol. The third-order valence-corrected chi connectivity index (χ3v) is 9.32. The van der Waals surface area contributed by atoms with E-state index >= 15 is 0 Å². The number of pyridine rings is 1. The highest BCUT2D eigenvalue weighted by molar-refractivity contribution is 5.95. The molecule has 0 radical (unpaired) electrons. The first-order chi connectivity index (χ1) is 19.7. The fourth-order valence-electron chi connectivity index (χ4n) is 7.25. The quantitative estimate of drug-likeness (QED) is 0.592. The van der Waals surface area contributed by atoms with Gasteiger partial charge in [-0.15, -0.1) is 0 Å². The maximum Gasteiger partial charge on any atom is 0.417 e.